The summed E-state index contributed by atoms with van der Waals surface area (Å²) in [6, 6.07) is 12.3. The van der Waals surface area contributed by atoms with Crippen molar-refractivity contribution in [3.05, 3.63) is 69.7 Å². The number of Topliss-reactive ketones (excluding diaryl/α,β-unsaturated/α-hetero) is 1. The zero-order valence-corrected chi connectivity index (χ0v) is 15.8. The summed E-state index contributed by atoms with van der Waals surface area (Å²) in [5, 5.41) is 3.70. The monoisotopic (exact) mass is 397 g/mol. The molecule has 25 heavy (non-hydrogen) atoms. The molecule has 3 atom stereocenters. The van der Waals surface area contributed by atoms with E-state index in [1.165, 1.54) is 5.56 Å². The fourth-order valence-electron chi connectivity index (χ4n) is 4.07. The second-order valence-electron chi connectivity index (χ2n) is 6.72. The maximum Gasteiger partial charge on any atom is 0.159 e. The van der Waals surface area contributed by atoms with E-state index in [2.05, 4.69) is 39.5 Å². The molecule has 0 amide bonds. The van der Waals surface area contributed by atoms with Crippen LogP contribution in [0.25, 0.3) is 0 Å². The quantitative estimate of drug-likeness (QED) is 0.549. The molecule has 1 aliphatic carbocycles. The molecule has 2 aliphatic rings. The first kappa shape index (κ1) is 16.4. The number of carbonyl (C=O) groups is 1. The highest BCUT2D eigenvalue weighted by Gasteiger charge is 2.39. The van der Waals surface area contributed by atoms with Crippen LogP contribution >= 0.6 is 15.9 Å². The van der Waals surface area contributed by atoms with Crippen molar-refractivity contribution < 1.29 is 9.53 Å². The number of allylic oxidation sites excluding steroid dienone is 2. The Bertz CT molecular complexity index is 874. The summed E-state index contributed by atoms with van der Waals surface area (Å²) >= 11 is 3.59. The minimum atomic E-state index is 0.108. The van der Waals surface area contributed by atoms with Crippen LogP contribution in [0.3, 0.4) is 0 Å². The van der Waals surface area contributed by atoms with Gasteiger partial charge in [0.2, 0.25) is 0 Å². The van der Waals surface area contributed by atoms with Gasteiger partial charge in [-0.2, -0.15) is 0 Å². The Morgan fingerprint density at radius 3 is 2.80 bits per heavy atom. The van der Waals surface area contributed by atoms with Gasteiger partial charge in [0, 0.05) is 27.2 Å². The van der Waals surface area contributed by atoms with E-state index < -0.39 is 0 Å². The van der Waals surface area contributed by atoms with Crippen LogP contribution in [-0.2, 0) is 0 Å². The molecule has 1 heterocycles. The van der Waals surface area contributed by atoms with Gasteiger partial charge in [-0.3, -0.25) is 4.79 Å². The van der Waals surface area contributed by atoms with Crippen LogP contribution in [0.2, 0.25) is 0 Å². The smallest absolute Gasteiger partial charge is 0.159 e. The molecule has 2 aromatic carbocycles. The Morgan fingerprint density at radius 1 is 1.20 bits per heavy atom. The molecule has 0 radical (unpaired) electrons. The number of rotatable bonds is 3. The molecule has 0 aromatic heterocycles. The van der Waals surface area contributed by atoms with Gasteiger partial charge in [-0.05, 0) is 61.2 Å². The maximum absolute atomic E-state index is 11.8. The highest BCUT2D eigenvalue weighted by Crippen LogP contribution is 2.51. The molecule has 128 valence electrons. The predicted molar refractivity (Wildman–Crippen MR) is 103 cm³/mol. The summed E-state index contributed by atoms with van der Waals surface area (Å²) in [5.74, 6) is 1.74. The third-order valence-electron chi connectivity index (χ3n) is 5.30. The van der Waals surface area contributed by atoms with Crippen molar-refractivity contribution in [2.75, 3.05) is 12.4 Å². The normalized spacial score (nSPS) is 23.6. The molecule has 4 rings (SSSR count). The number of ether oxygens (including phenoxy) is 1. The molecular formula is C21H20BrNO2. The van der Waals surface area contributed by atoms with Crippen LogP contribution in [0.4, 0.5) is 5.69 Å². The fourth-order valence-corrected chi connectivity index (χ4v) is 4.45. The van der Waals surface area contributed by atoms with E-state index in [1.54, 1.807) is 14.0 Å². The van der Waals surface area contributed by atoms with Gasteiger partial charge in [0.1, 0.15) is 5.75 Å². The van der Waals surface area contributed by atoms with Crippen molar-refractivity contribution in [2.24, 2.45) is 5.92 Å². The van der Waals surface area contributed by atoms with Gasteiger partial charge in [-0.15, -0.1) is 0 Å². The Hall–Kier alpha value is -2.07. The Balaban J connectivity index is 1.81. The second-order valence-corrected chi connectivity index (χ2v) is 7.64. The zero-order valence-electron chi connectivity index (χ0n) is 14.3. The van der Waals surface area contributed by atoms with E-state index in [0.29, 0.717) is 11.8 Å². The fraction of sp³-hybridized carbons (Fsp3) is 0.286. The molecule has 0 bridgehead atoms. The van der Waals surface area contributed by atoms with Gasteiger partial charge in [0.05, 0.1) is 13.2 Å². The van der Waals surface area contributed by atoms with Crippen LogP contribution in [0.1, 0.15) is 46.8 Å². The number of benzene rings is 2. The number of hydrogen-bond acceptors (Lipinski definition) is 3. The van der Waals surface area contributed by atoms with E-state index in [9.17, 15) is 4.79 Å². The van der Waals surface area contributed by atoms with Crippen LogP contribution in [0.5, 0.6) is 5.75 Å². The average molecular weight is 398 g/mol. The summed E-state index contributed by atoms with van der Waals surface area (Å²) in [4.78, 5) is 11.8. The van der Waals surface area contributed by atoms with Gasteiger partial charge >= 0.3 is 0 Å². The van der Waals surface area contributed by atoms with Crippen molar-refractivity contribution in [3.8, 4) is 5.75 Å². The number of anilines is 1. The molecular weight excluding hydrogens is 378 g/mol. The largest absolute Gasteiger partial charge is 0.496 e. The standard InChI is InChI=1S/C21H20BrNO2/c1-12(24)13-6-8-19-17(10-13)15-4-3-5-16(15)21(23-19)18-11-14(22)7-9-20(18)25-2/h3-4,6-11,15-16,21,23H,5H2,1-2H3/t15-,16-,21-/m1/s1. The molecule has 0 fully saturated rings. The molecule has 4 heteroatoms. The molecule has 0 unspecified atom stereocenters. The number of ketones is 1. The van der Waals surface area contributed by atoms with Crippen molar-refractivity contribution in [2.45, 2.75) is 25.3 Å². The second kappa shape index (κ2) is 6.34. The molecule has 0 saturated carbocycles. The summed E-state index contributed by atoms with van der Waals surface area (Å²) < 4.78 is 6.66. The van der Waals surface area contributed by atoms with E-state index in [1.807, 2.05) is 30.3 Å². The highest BCUT2D eigenvalue weighted by atomic mass is 79.9. The first-order valence-corrected chi connectivity index (χ1v) is 9.29. The van der Waals surface area contributed by atoms with Crippen molar-refractivity contribution in [1.82, 2.24) is 0 Å². The van der Waals surface area contributed by atoms with Crippen molar-refractivity contribution in [1.29, 1.82) is 0 Å². The first-order chi connectivity index (χ1) is 12.1. The molecule has 0 spiro atoms. The summed E-state index contributed by atoms with van der Waals surface area (Å²) in [5.41, 5.74) is 4.26. The molecule has 3 nitrogen and oxygen atoms in total. The van der Waals surface area contributed by atoms with Crippen LogP contribution in [0.15, 0.2) is 53.0 Å². The lowest BCUT2D eigenvalue weighted by Crippen LogP contribution is -2.29. The van der Waals surface area contributed by atoms with Gasteiger partial charge in [-0.25, -0.2) is 0 Å². The molecule has 0 saturated heterocycles. The third kappa shape index (κ3) is 2.78. The van der Waals surface area contributed by atoms with Gasteiger partial charge in [0.15, 0.2) is 5.78 Å². The topological polar surface area (TPSA) is 38.3 Å². The number of halogens is 1. The molecule has 1 N–H and O–H groups in total. The first-order valence-electron chi connectivity index (χ1n) is 8.50. The van der Waals surface area contributed by atoms with E-state index in [0.717, 1.165) is 33.5 Å². The summed E-state index contributed by atoms with van der Waals surface area (Å²) in [7, 11) is 1.72. The Labute approximate surface area is 156 Å². The summed E-state index contributed by atoms with van der Waals surface area (Å²) in [6.07, 6.45) is 5.55. The number of methoxy groups -OCH3 is 1. The van der Waals surface area contributed by atoms with Crippen molar-refractivity contribution in [3.63, 3.8) is 0 Å². The lowest BCUT2D eigenvalue weighted by Gasteiger charge is -2.38. The van der Waals surface area contributed by atoms with Crippen LogP contribution < -0.4 is 10.1 Å². The Kier molecular flexibility index (Phi) is 4.16. The van der Waals surface area contributed by atoms with Crippen LogP contribution in [0, 0.1) is 5.92 Å². The van der Waals surface area contributed by atoms with E-state index in [-0.39, 0.29) is 11.8 Å². The number of nitrogens with one attached hydrogen (secondary N) is 1. The SMILES string of the molecule is COc1ccc(Br)cc1[C@@H]1Nc2ccc(C(C)=O)cc2[C@@H]2C=CC[C@H]21. The maximum atomic E-state index is 11.8. The average Bonchev–Trinajstić information content (AvgIpc) is 3.10. The number of carbonyl (C=O) groups excluding carboxylic acids is 1. The van der Waals surface area contributed by atoms with Crippen molar-refractivity contribution >= 4 is 27.4 Å². The van der Waals surface area contributed by atoms with E-state index >= 15 is 0 Å². The van der Waals surface area contributed by atoms with Gasteiger partial charge in [0.25, 0.3) is 0 Å². The molecule has 1 aliphatic heterocycles. The number of hydrogen-bond donors (Lipinski definition) is 1. The molecule has 2 aromatic rings. The van der Waals surface area contributed by atoms with Crippen LogP contribution in [-0.4, -0.2) is 12.9 Å². The van der Waals surface area contributed by atoms with E-state index in [4.69, 9.17) is 4.74 Å². The Morgan fingerprint density at radius 2 is 2.04 bits per heavy atom. The predicted octanol–water partition coefficient (Wildman–Crippen LogP) is 5.49. The zero-order chi connectivity index (χ0) is 17.6. The summed E-state index contributed by atoms with van der Waals surface area (Å²) in [6.45, 7) is 1.62. The highest BCUT2D eigenvalue weighted by molar-refractivity contribution is 9.10. The third-order valence-corrected chi connectivity index (χ3v) is 5.79. The minimum absolute atomic E-state index is 0.108. The lowest BCUT2D eigenvalue weighted by atomic mass is 9.76. The van der Waals surface area contributed by atoms with Gasteiger partial charge in [-0.1, -0.05) is 28.1 Å². The lowest BCUT2D eigenvalue weighted by molar-refractivity contribution is 0.101. The minimum Gasteiger partial charge on any atom is -0.496 e. The van der Waals surface area contributed by atoms with Gasteiger partial charge < -0.3 is 10.1 Å². The number of fused-ring (bicyclic) bond motifs is 3.